The third-order valence-corrected chi connectivity index (χ3v) is 3.42. The van der Waals surface area contributed by atoms with Gasteiger partial charge in [-0.1, -0.05) is 0 Å². The van der Waals surface area contributed by atoms with E-state index in [0.29, 0.717) is 5.69 Å². The van der Waals surface area contributed by atoms with E-state index >= 15 is 0 Å². The lowest BCUT2D eigenvalue weighted by atomic mass is 10.2. The lowest BCUT2D eigenvalue weighted by Crippen LogP contribution is -2.18. The van der Waals surface area contributed by atoms with E-state index in [1.165, 1.54) is 24.3 Å². The van der Waals surface area contributed by atoms with Crippen molar-refractivity contribution in [1.82, 2.24) is 4.57 Å². The first kappa shape index (κ1) is 14.1. The number of hydrogen-bond donors (Lipinski definition) is 1. The number of amides is 1. The Morgan fingerprint density at radius 1 is 1.18 bits per heavy atom. The molecule has 3 rings (SSSR count). The van der Waals surface area contributed by atoms with Crippen molar-refractivity contribution in [3.63, 3.8) is 0 Å². The van der Waals surface area contributed by atoms with Crippen molar-refractivity contribution in [3.05, 3.63) is 60.5 Å². The van der Waals surface area contributed by atoms with Gasteiger partial charge < -0.3 is 14.6 Å². The fraction of sp³-hybridized carbons (Fsp3) is 0.118. The van der Waals surface area contributed by atoms with Gasteiger partial charge in [0.1, 0.15) is 18.1 Å². The molecular formula is C17H15FN2O2. The van der Waals surface area contributed by atoms with E-state index in [1.807, 2.05) is 35.0 Å². The number of anilines is 1. The summed E-state index contributed by atoms with van der Waals surface area (Å²) in [6, 6.07) is 13.3. The third-order valence-electron chi connectivity index (χ3n) is 3.42. The predicted octanol–water partition coefficient (Wildman–Crippen LogP) is 3.43. The first-order chi connectivity index (χ1) is 10.7. The van der Waals surface area contributed by atoms with Crippen LogP contribution >= 0.6 is 0 Å². The number of ether oxygens (including phenoxy) is 1. The van der Waals surface area contributed by atoms with Gasteiger partial charge in [0.15, 0.2) is 0 Å². The number of hydrogen-bond acceptors (Lipinski definition) is 2. The molecule has 0 unspecified atom stereocenters. The molecule has 0 aliphatic carbocycles. The minimum Gasteiger partial charge on any atom is -0.497 e. The molecule has 0 saturated carbocycles. The normalized spacial score (nSPS) is 10.6. The fourth-order valence-electron chi connectivity index (χ4n) is 2.33. The van der Waals surface area contributed by atoms with Crippen LogP contribution in [-0.2, 0) is 11.3 Å². The molecule has 0 aliphatic heterocycles. The van der Waals surface area contributed by atoms with Crippen molar-refractivity contribution in [2.24, 2.45) is 0 Å². The van der Waals surface area contributed by atoms with Crippen LogP contribution in [0.25, 0.3) is 10.9 Å². The zero-order valence-corrected chi connectivity index (χ0v) is 12.0. The van der Waals surface area contributed by atoms with Gasteiger partial charge in [-0.15, -0.1) is 0 Å². The van der Waals surface area contributed by atoms with E-state index in [-0.39, 0.29) is 18.3 Å². The van der Waals surface area contributed by atoms with Crippen molar-refractivity contribution < 1.29 is 13.9 Å². The average molecular weight is 298 g/mol. The number of aromatic nitrogens is 1. The van der Waals surface area contributed by atoms with Crippen LogP contribution in [0.1, 0.15) is 0 Å². The Morgan fingerprint density at radius 2 is 1.95 bits per heavy atom. The summed E-state index contributed by atoms with van der Waals surface area (Å²) in [5.74, 6) is 0.282. The van der Waals surface area contributed by atoms with Crippen molar-refractivity contribution in [1.29, 1.82) is 0 Å². The molecule has 0 atom stereocenters. The van der Waals surface area contributed by atoms with E-state index in [4.69, 9.17) is 4.74 Å². The Kier molecular flexibility index (Phi) is 3.78. The van der Waals surface area contributed by atoms with Crippen molar-refractivity contribution in [3.8, 4) is 5.75 Å². The van der Waals surface area contributed by atoms with Crippen LogP contribution in [0.15, 0.2) is 54.7 Å². The number of carbonyl (C=O) groups excluding carboxylic acids is 1. The molecule has 112 valence electrons. The Balaban J connectivity index is 1.75. The van der Waals surface area contributed by atoms with Crippen LogP contribution in [0.4, 0.5) is 10.1 Å². The van der Waals surface area contributed by atoms with Crippen LogP contribution in [0.5, 0.6) is 5.75 Å². The van der Waals surface area contributed by atoms with E-state index in [1.54, 1.807) is 7.11 Å². The maximum Gasteiger partial charge on any atom is 0.244 e. The standard InChI is InChI=1S/C17H15FN2O2/c1-22-15-6-7-16-12(10-15)8-9-20(16)11-17(21)19-14-4-2-13(18)3-5-14/h2-10H,11H2,1H3,(H,19,21). The highest BCUT2D eigenvalue weighted by molar-refractivity contribution is 5.92. The molecule has 5 heteroatoms. The van der Waals surface area contributed by atoms with Crippen LogP contribution in [0.2, 0.25) is 0 Å². The minimum absolute atomic E-state index is 0.167. The maximum absolute atomic E-state index is 12.8. The van der Waals surface area contributed by atoms with E-state index in [9.17, 15) is 9.18 Å². The van der Waals surface area contributed by atoms with Crippen LogP contribution in [0, 0.1) is 5.82 Å². The highest BCUT2D eigenvalue weighted by Crippen LogP contribution is 2.21. The van der Waals surface area contributed by atoms with Gasteiger partial charge in [0.2, 0.25) is 5.91 Å². The summed E-state index contributed by atoms with van der Waals surface area (Å²) < 4.78 is 19.9. The molecule has 0 fully saturated rings. The third kappa shape index (κ3) is 2.93. The quantitative estimate of drug-likeness (QED) is 0.802. The predicted molar refractivity (Wildman–Crippen MR) is 83.5 cm³/mol. The summed E-state index contributed by atoms with van der Waals surface area (Å²) in [4.78, 5) is 12.1. The van der Waals surface area contributed by atoms with E-state index in [0.717, 1.165) is 16.7 Å². The Labute approximate surface area is 127 Å². The van der Waals surface area contributed by atoms with Gasteiger partial charge in [-0.05, 0) is 48.5 Å². The second kappa shape index (κ2) is 5.89. The van der Waals surface area contributed by atoms with E-state index < -0.39 is 0 Å². The Hall–Kier alpha value is -2.82. The smallest absolute Gasteiger partial charge is 0.244 e. The molecular weight excluding hydrogens is 283 g/mol. The Morgan fingerprint density at radius 3 is 2.68 bits per heavy atom. The van der Waals surface area contributed by atoms with Crippen molar-refractivity contribution in [2.45, 2.75) is 6.54 Å². The number of fused-ring (bicyclic) bond motifs is 1. The zero-order valence-electron chi connectivity index (χ0n) is 12.0. The lowest BCUT2D eigenvalue weighted by molar-refractivity contribution is -0.116. The molecule has 0 radical (unpaired) electrons. The van der Waals surface area contributed by atoms with Crippen LogP contribution in [-0.4, -0.2) is 17.6 Å². The number of carbonyl (C=O) groups is 1. The molecule has 0 spiro atoms. The SMILES string of the molecule is COc1ccc2c(ccn2CC(=O)Nc2ccc(F)cc2)c1. The number of methoxy groups -OCH3 is 1. The molecule has 1 N–H and O–H groups in total. The molecule has 0 saturated heterocycles. The largest absolute Gasteiger partial charge is 0.497 e. The van der Waals surface area contributed by atoms with Gasteiger partial charge in [0.25, 0.3) is 0 Å². The van der Waals surface area contributed by atoms with Crippen molar-refractivity contribution >= 4 is 22.5 Å². The lowest BCUT2D eigenvalue weighted by Gasteiger charge is -2.08. The van der Waals surface area contributed by atoms with Crippen LogP contribution < -0.4 is 10.1 Å². The molecule has 2 aromatic carbocycles. The molecule has 1 amide bonds. The topological polar surface area (TPSA) is 43.3 Å². The first-order valence-corrected chi connectivity index (χ1v) is 6.84. The second-order valence-corrected chi connectivity index (χ2v) is 4.92. The number of halogens is 1. The Bertz CT molecular complexity index is 809. The molecule has 4 nitrogen and oxygen atoms in total. The number of nitrogens with one attached hydrogen (secondary N) is 1. The van der Waals surface area contributed by atoms with Crippen molar-refractivity contribution in [2.75, 3.05) is 12.4 Å². The summed E-state index contributed by atoms with van der Waals surface area (Å²) >= 11 is 0. The number of nitrogens with zero attached hydrogens (tertiary/aromatic N) is 1. The van der Waals surface area contributed by atoms with E-state index in [2.05, 4.69) is 5.32 Å². The van der Waals surface area contributed by atoms with Gasteiger partial charge >= 0.3 is 0 Å². The second-order valence-electron chi connectivity index (χ2n) is 4.92. The summed E-state index contributed by atoms with van der Waals surface area (Å²) in [5, 5.41) is 3.75. The van der Waals surface area contributed by atoms with Gasteiger partial charge in [0.05, 0.1) is 7.11 Å². The van der Waals surface area contributed by atoms with Gasteiger partial charge in [-0.2, -0.15) is 0 Å². The monoisotopic (exact) mass is 298 g/mol. The highest BCUT2D eigenvalue weighted by atomic mass is 19.1. The summed E-state index contributed by atoms with van der Waals surface area (Å²) in [6.45, 7) is 0.188. The van der Waals surface area contributed by atoms with Gasteiger partial charge in [0, 0.05) is 22.8 Å². The molecule has 0 bridgehead atoms. The first-order valence-electron chi connectivity index (χ1n) is 6.84. The highest BCUT2D eigenvalue weighted by Gasteiger charge is 2.07. The van der Waals surface area contributed by atoms with Crippen LogP contribution in [0.3, 0.4) is 0 Å². The molecule has 1 heterocycles. The molecule has 3 aromatic rings. The summed E-state index contributed by atoms with van der Waals surface area (Å²) in [7, 11) is 1.62. The zero-order chi connectivity index (χ0) is 15.5. The maximum atomic E-state index is 12.8. The number of rotatable bonds is 4. The molecule has 1 aromatic heterocycles. The fourth-order valence-corrected chi connectivity index (χ4v) is 2.33. The van der Waals surface area contributed by atoms with Gasteiger partial charge in [-0.3, -0.25) is 4.79 Å². The van der Waals surface area contributed by atoms with Gasteiger partial charge in [-0.25, -0.2) is 4.39 Å². The molecule has 22 heavy (non-hydrogen) atoms. The number of benzene rings is 2. The average Bonchev–Trinajstić information content (AvgIpc) is 2.91. The minimum atomic E-state index is -0.330. The summed E-state index contributed by atoms with van der Waals surface area (Å²) in [6.07, 6.45) is 1.86. The molecule has 0 aliphatic rings. The summed E-state index contributed by atoms with van der Waals surface area (Å²) in [5.41, 5.74) is 1.53.